The van der Waals surface area contributed by atoms with Crippen molar-refractivity contribution in [2.45, 2.75) is 45.3 Å². The normalized spacial score (nSPS) is 14.5. The highest BCUT2D eigenvalue weighted by Crippen LogP contribution is 2.37. The molecule has 1 heterocycles. The molecular weight excluding hydrogens is 388 g/mol. The van der Waals surface area contributed by atoms with Crippen molar-refractivity contribution in [1.82, 2.24) is 4.98 Å². The number of aromatic amines is 1. The average Bonchev–Trinajstić information content (AvgIpc) is 3.44. The van der Waals surface area contributed by atoms with Gasteiger partial charge in [0.1, 0.15) is 0 Å². The first-order valence-electron chi connectivity index (χ1n) is 11.0. The minimum atomic E-state index is -0.372. The predicted molar refractivity (Wildman–Crippen MR) is 126 cm³/mol. The van der Waals surface area contributed by atoms with Gasteiger partial charge in [0.2, 0.25) is 0 Å². The monoisotopic (exact) mass is 418 g/mol. The van der Waals surface area contributed by atoms with Crippen LogP contribution in [0.5, 0.6) is 0 Å². The largest absolute Gasteiger partial charge is 0.466 e. The van der Waals surface area contributed by atoms with E-state index in [1.807, 2.05) is 31.2 Å². The SMILES string of the molecule is CCOCc1cc(NC2CCCC2)c2[nH]c(-c3ccccc3)c(/C=C/C(=O)OC)c2c1. The molecule has 0 amide bonds. The fourth-order valence-electron chi connectivity index (χ4n) is 4.31. The molecule has 3 aromatic rings. The maximum atomic E-state index is 11.8. The van der Waals surface area contributed by atoms with Crippen molar-refractivity contribution in [2.24, 2.45) is 0 Å². The topological polar surface area (TPSA) is 63.3 Å². The second-order valence-corrected chi connectivity index (χ2v) is 7.96. The van der Waals surface area contributed by atoms with E-state index in [1.165, 1.54) is 38.9 Å². The minimum absolute atomic E-state index is 0.372. The summed E-state index contributed by atoms with van der Waals surface area (Å²) in [7, 11) is 1.39. The number of aromatic nitrogens is 1. The highest BCUT2D eigenvalue weighted by Gasteiger charge is 2.19. The van der Waals surface area contributed by atoms with Crippen molar-refractivity contribution in [3.05, 3.63) is 59.7 Å². The van der Waals surface area contributed by atoms with Crippen LogP contribution in [0.4, 0.5) is 5.69 Å². The molecule has 0 aliphatic heterocycles. The third-order valence-electron chi connectivity index (χ3n) is 5.85. The van der Waals surface area contributed by atoms with Gasteiger partial charge in [0.15, 0.2) is 0 Å². The summed E-state index contributed by atoms with van der Waals surface area (Å²) in [5.74, 6) is -0.372. The Morgan fingerprint density at radius 2 is 1.97 bits per heavy atom. The van der Waals surface area contributed by atoms with Crippen LogP contribution in [0.3, 0.4) is 0 Å². The lowest BCUT2D eigenvalue weighted by Crippen LogP contribution is -2.15. The summed E-state index contributed by atoms with van der Waals surface area (Å²) in [6.45, 7) is 3.23. The Labute approximate surface area is 183 Å². The van der Waals surface area contributed by atoms with E-state index in [0.717, 1.165) is 39.0 Å². The van der Waals surface area contributed by atoms with Crippen molar-refractivity contribution in [3.8, 4) is 11.3 Å². The van der Waals surface area contributed by atoms with Gasteiger partial charge in [-0.05, 0) is 49.1 Å². The fourth-order valence-corrected chi connectivity index (χ4v) is 4.31. The lowest BCUT2D eigenvalue weighted by molar-refractivity contribution is -0.134. The first kappa shape index (κ1) is 21.2. The quantitative estimate of drug-likeness (QED) is 0.352. The number of nitrogens with one attached hydrogen (secondary N) is 2. The number of hydrogen-bond donors (Lipinski definition) is 2. The molecule has 5 nitrogen and oxygen atoms in total. The Bertz CT molecular complexity index is 1060. The molecule has 0 atom stereocenters. The number of ether oxygens (including phenoxy) is 2. The molecule has 2 N–H and O–H groups in total. The molecule has 162 valence electrons. The highest BCUT2D eigenvalue weighted by atomic mass is 16.5. The first-order valence-corrected chi connectivity index (χ1v) is 11.0. The van der Waals surface area contributed by atoms with Gasteiger partial charge in [-0.2, -0.15) is 0 Å². The molecule has 1 aromatic heterocycles. The average molecular weight is 419 g/mol. The molecule has 1 saturated carbocycles. The summed E-state index contributed by atoms with van der Waals surface area (Å²) in [5, 5.41) is 4.83. The molecule has 0 radical (unpaired) electrons. The van der Waals surface area contributed by atoms with Crippen LogP contribution < -0.4 is 5.32 Å². The molecule has 31 heavy (non-hydrogen) atoms. The number of fused-ring (bicyclic) bond motifs is 1. The molecule has 0 spiro atoms. The Morgan fingerprint density at radius 3 is 2.68 bits per heavy atom. The van der Waals surface area contributed by atoms with Crippen molar-refractivity contribution in [2.75, 3.05) is 19.0 Å². The van der Waals surface area contributed by atoms with E-state index in [2.05, 4.69) is 34.6 Å². The second kappa shape index (κ2) is 9.84. The number of benzene rings is 2. The Morgan fingerprint density at radius 1 is 1.19 bits per heavy atom. The zero-order chi connectivity index (χ0) is 21.6. The standard InChI is InChI=1S/C26H30N2O3/c1-3-31-17-18-15-22-21(13-14-24(29)30-2)25(19-9-5-4-6-10-19)28-26(22)23(16-18)27-20-11-7-8-12-20/h4-6,9-10,13-16,20,27-28H,3,7-8,11-12,17H2,1-2H3/b14-13+. The van der Waals surface area contributed by atoms with Crippen LogP contribution in [-0.4, -0.2) is 30.7 Å². The summed E-state index contributed by atoms with van der Waals surface area (Å²) in [6, 6.07) is 15.0. The molecule has 4 rings (SSSR count). The molecule has 0 bridgehead atoms. The Hall–Kier alpha value is -3.05. The number of methoxy groups -OCH3 is 1. The number of esters is 1. The van der Waals surface area contributed by atoms with Crippen LogP contribution in [0, 0.1) is 0 Å². The smallest absolute Gasteiger partial charge is 0.330 e. The van der Waals surface area contributed by atoms with Gasteiger partial charge in [-0.25, -0.2) is 4.79 Å². The van der Waals surface area contributed by atoms with Gasteiger partial charge in [-0.1, -0.05) is 43.2 Å². The highest BCUT2D eigenvalue weighted by molar-refractivity contribution is 6.04. The van der Waals surface area contributed by atoms with Gasteiger partial charge < -0.3 is 19.8 Å². The van der Waals surface area contributed by atoms with Crippen LogP contribution in [0.2, 0.25) is 0 Å². The lowest BCUT2D eigenvalue weighted by Gasteiger charge is -2.16. The number of carbonyl (C=O) groups excluding carboxylic acids is 1. The van der Waals surface area contributed by atoms with E-state index in [1.54, 1.807) is 0 Å². The van der Waals surface area contributed by atoms with Gasteiger partial charge in [0, 0.05) is 29.7 Å². The van der Waals surface area contributed by atoms with Crippen molar-refractivity contribution >= 4 is 28.6 Å². The third kappa shape index (κ3) is 4.83. The summed E-state index contributed by atoms with van der Waals surface area (Å²) in [4.78, 5) is 15.5. The lowest BCUT2D eigenvalue weighted by atomic mass is 10.0. The van der Waals surface area contributed by atoms with Crippen molar-refractivity contribution in [3.63, 3.8) is 0 Å². The number of H-pyrrole nitrogens is 1. The maximum Gasteiger partial charge on any atom is 0.330 e. The zero-order valence-electron chi connectivity index (χ0n) is 18.2. The van der Waals surface area contributed by atoms with Crippen LogP contribution in [0.25, 0.3) is 28.2 Å². The summed E-state index contributed by atoms with van der Waals surface area (Å²) in [6.07, 6.45) is 8.25. The molecule has 1 aliphatic carbocycles. The van der Waals surface area contributed by atoms with E-state index in [-0.39, 0.29) is 5.97 Å². The molecule has 5 heteroatoms. The Balaban J connectivity index is 1.88. The number of carbonyl (C=O) groups is 1. The molecule has 2 aromatic carbocycles. The van der Waals surface area contributed by atoms with E-state index in [4.69, 9.17) is 9.47 Å². The van der Waals surface area contributed by atoms with Crippen LogP contribution in [0.1, 0.15) is 43.7 Å². The second-order valence-electron chi connectivity index (χ2n) is 7.96. The maximum absolute atomic E-state index is 11.8. The van der Waals surface area contributed by atoms with Crippen LogP contribution in [0.15, 0.2) is 48.5 Å². The summed E-state index contributed by atoms with van der Waals surface area (Å²) in [5.41, 5.74) is 6.28. The summed E-state index contributed by atoms with van der Waals surface area (Å²) < 4.78 is 10.5. The van der Waals surface area contributed by atoms with Crippen LogP contribution in [-0.2, 0) is 20.9 Å². The minimum Gasteiger partial charge on any atom is -0.466 e. The van der Waals surface area contributed by atoms with Crippen LogP contribution >= 0.6 is 0 Å². The van der Waals surface area contributed by atoms with E-state index < -0.39 is 0 Å². The predicted octanol–water partition coefficient (Wildman–Crippen LogP) is 5.91. The molecule has 0 unspecified atom stereocenters. The molecule has 1 aliphatic rings. The number of hydrogen-bond acceptors (Lipinski definition) is 4. The van der Waals surface area contributed by atoms with Gasteiger partial charge in [-0.15, -0.1) is 0 Å². The fraction of sp³-hybridized carbons (Fsp3) is 0.346. The van der Waals surface area contributed by atoms with Gasteiger partial charge in [0.05, 0.1) is 30.6 Å². The Kier molecular flexibility index (Phi) is 6.73. The van der Waals surface area contributed by atoms with Gasteiger partial charge in [-0.3, -0.25) is 0 Å². The van der Waals surface area contributed by atoms with Gasteiger partial charge >= 0.3 is 5.97 Å². The van der Waals surface area contributed by atoms with Crippen molar-refractivity contribution in [1.29, 1.82) is 0 Å². The van der Waals surface area contributed by atoms with E-state index >= 15 is 0 Å². The molecule has 1 fully saturated rings. The molecule has 0 saturated heterocycles. The van der Waals surface area contributed by atoms with Crippen molar-refractivity contribution < 1.29 is 14.3 Å². The number of rotatable bonds is 8. The summed E-state index contributed by atoms with van der Waals surface area (Å²) >= 11 is 0. The van der Waals surface area contributed by atoms with E-state index in [0.29, 0.717) is 19.3 Å². The van der Waals surface area contributed by atoms with E-state index in [9.17, 15) is 4.79 Å². The number of anilines is 1. The first-order chi connectivity index (χ1) is 15.2. The zero-order valence-corrected chi connectivity index (χ0v) is 18.2. The molecular formula is C26H30N2O3. The third-order valence-corrected chi connectivity index (χ3v) is 5.85. The van der Waals surface area contributed by atoms with Gasteiger partial charge in [0.25, 0.3) is 0 Å².